The summed E-state index contributed by atoms with van der Waals surface area (Å²) < 4.78 is 12.0. The topological polar surface area (TPSA) is 145 Å². The van der Waals surface area contributed by atoms with E-state index >= 15 is 0 Å². The summed E-state index contributed by atoms with van der Waals surface area (Å²) in [6.07, 6.45) is 0.0168. The van der Waals surface area contributed by atoms with Crippen LogP contribution in [0.4, 0.5) is 4.79 Å². The molecular weight excluding hydrogens is 460 g/mol. The maximum atomic E-state index is 12.6. The molecule has 0 aliphatic heterocycles. The number of esters is 1. The first kappa shape index (κ1) is 29.9. The van der Waals surface area contributed by atoms with Crippen LogP contribution in [0.1, 0.15) is 47.5 Å². The second-order valence-electron chi connectivity index (χ2n) is 7.73. The molecule has 2 amide bonds. The van der Waals surface area contributed by atoms with E-state index in [1.807, 2.05) is 0 Å². The van der Waals surface area contributed by atoms with E-state index in [0.717, 1.165) is 25.0 Å². The van der Waals surface area contributed by atoms with Gasteiger partial charge in [-0.3, -0.25) is 23.9 Å². The highest BCUT2D eigenvalue weighted by molar-refractivity contribution is 8.99. The molecule has 32 heavy (non-hydrogen) atoms. The first-order valence-corrected chi connectivity index (χ1v) is 13.4. The molecule has 0 aliphatic carbocycles. The van der Waals surface area contributed by atoms with E-state index in [4.69, 9.17) is 9.47 Å². The molecule has 2 N–H and O–H groups in total. The Bertz CT molecular complexity index is 726. The quantitative estimate of drug-likeness (QED) is 0.237. The Morgan fingerprint density at radius 2 is 1.34 bits per heavy atom. The van der Waals surface area contributed by atoms with E-state index in [1.165, 1.54) is 0 Å². The summed E-state index contributed by atoms with van der Waals surface area (Å²) in [4.78, 5) is 73.5. The number of ether oxygens (including phenoxy) is 2. The molecule has 0 radical (unpaired) electrons. The van der Waals surface area contributed by atoms with Crippen LogP contribution in [-0.2, 0) is 33.4 Å². The lowest BCUT2D eigenvalue weighted by Crippen LogP contribution is -2.47. The molecule has 0 saturated carbocycles. The van der Waals surface area contributed by atoms with Gasteiger partial charge in [0.2, 0.25) is 11.6 Å². The highest BCUT2D eigenvalue weighted by Crippen LogP contribution is 2.57. The zero-order valence-electron chi connectivity index (χ0n) is 19.6. The predicted octanol–water partition coefficient (Wildman–Crippen LogP) is 2.14. The van der Waals surface area contributed by atoms with Gasteiger partial charge in [0, 0.05) is 24.3 Å². The number of Topliss-reactive ketones (excluding diaryl/α,β-unsaturated/α-hetero) is 2. The number of rotatable bonds is 12. The van der Waals surface area contributed by atoms with Gasteiger partial charge in [0.15, 0.2) is 0 Å². The van der Waals surface area contributed by atoms with E-state index in [9.17, 15) is 28.8 Å². The molecule has 0 heterocycles. The minimum atomic E-state index is -2.76. The number of carbonyl (C=O) groups excluding carboxylic acids is 6. The fourth-order valence-corrected chi connectivity index (χ4v) is 6.95. The largest absolute Gasteiger partial charge is 0.467 e. The Balaban J connectivity index is 5.61. The minimum Gasteiger partial charge on any atom is -0.467 e. The van der Waals surface area contributed by atoms with Crippen molar-refractivity contribution in [1.82, 2.24) is 10.0 Å². The molecule has 0 rings (SSSR count). The molecule has 0 aromatic carbocycles. The predicted molar refractivity (Wildman–Crippen MR) is 124 cm³/mol. The van der Waals surface area contributed by atoms with Crippen LogP contribution in [0.5, 0.6) is 0 Å². The average molecular weight is 495 g/mol. The second kappa shape index (κ2) is 14.1. The lowest BCUT2D eigenvalue weighted by atomic mass is 10.1. The third-order valence-corrected chi connectivity index (χ3v) is 9.91. The van der Waals surface area contributed by atoms with E-state index < -0.39 is 49.9 Å². The Labute approximate surface area is 194 Å². The van der Waals surface area contributed by atoms with Crippen LogP contribution in [0.25, 0.3) is 0 Å². The van der Waals surface area contributed by atoms with Crippen molar-refractivity contribution >= 4 is 54.7 Å². The molecule has 10 nitrogen and oxygen atoms in total. The Kier molecular flexibility index (Phi) is 13.2. The lowest BCUT2D eigenvalue weighted by molar-refractivity contribution is -0.146. The smallest absolute Gasteiger partial charge is 0.375 e. The zero-order valence-corrected chi connectivity index (χ0v) is 21.3. The van der Waals surface area contributed by atoms with Crippen molar-refractivity contribution in [2.75, 3.05) is 25.7 Å². The third kappa shape index (κ3) is 9.60. The molecule has 0 aromatic rings. The summed E-state index contributed by atoms with van der Waals surface area (Å²) in [5, 5.41) is 1.58. The first-order chi connectivity index (χ1) is 14.8. The molecule has 2 unspecified atom stereocenters. The maximum absolute atomic E-state index is 12.6. The van der Waals surface area contributed by atoms with Gasteiger partial charge in [0.1, 0.15) is 6.04 Å². The van der Waals surface area contributed by atoms with E-state index in [0.29, 0.717) is 0 Å². The number of ketones is 2. The van der Waals surface area contributed by atoms with Crippen molar-refractivity contribution in [2.24, 2.45) is 11.8 Å². The summed E-state index contributed by atoms with van der Waals surface area (Å²) in [6.45, 7) is 8.74. The van der Waals surface area contributed by atoms with Crippen molar-refractivity contribution in [3.63, 3.8) is 0 Å². The second-order valence-corrected chi connectivity index (χ2v) is 13.2. The average Bonchev–Trinajstić information content (AvgIpc) is 2.72. The molecule has 0 saturated heterocycles. The van der Waals surface area contributed by atoms with Crippen LogP contribution in [0.15, 0.2) is 0 Å². The Morgan fingerprint density at radius 1 is 0.844 bits per heavy atom. The van der Waals surface area contributed by atoms with Crippen molar-refractivity contribution in [3.05, 3.63) is 0 Å². The van der Waals surface area contributed by atoms with Crippen molar-refractivity contribution in [2.45, 2.75) is 53.5 Å². The zero-order chi connectivity index (χ0) is 25.1. The summed E-state index contributed by atoms with van der Waals surface area (Å²) in [5.41, 5.74) is 0. The monoisotopic (exact) mass is 494 g/mol. The molecule has 0 aromatic heterocycles. The highest BCUT2D eigenvalue weighted by Gasteiger charge is 2.38. The molecule has 12 heteroatoms. The van der Waals surface area contributed by atoms with Gasteiger partial charge >= 0.3 is 11.3 Å². The molecule has 0 spiro atoms. The third-order valence-electron chi connectivity index (χ3n) is 4.02. The van der Waals surface area contributed by atoms with Gasteiger partial charge in [0.25, 0.3) is 11.8 Å². The Hall–Kier alpha value is -2.08. The summed E-state index contributed by atoms with van der Waals surface area (Å²) in [6, 6.07) is -1.25. The normalized spacial score (nSPS) is 14.7. The van der Waals surface area contributed by atoms with E-state index in [-0.39, 0.29) is 36.2 Å². The number of nitrogens with one attached hydrogen (secondary N) is 2. The van der Waals surface area contributed by atoms with Gasteiger partial charge in [0.05, 0.1) is 14.2 Å². The van der Waals surface area contributed by atoms with Gasteiger partial charge in [-0.05, 0) is 21.1 Å². The van der Waals surface area contributed by atoms with Crippen LogP contribution in [-0.4, -0.2) is 66.4 Å². The van der Waals surface area contributed by atoms with Gasteiger partial charge in [-0.25, -0.2) is 9.59 Å². The Morgan fingerprint density at radius 3 is 1.75 bits per heavy atom. The first-order valence-electron chi connectivity index (χ1n) is 10.1. The van der Waals surface area contributed by atoms with Crippen LogP contribution in [0, 0.1) is 11.8 Å². The SMILES string of the molecule is CCS(NC(=O)C(=O)CC(C)C)(SCC(NC(=O)C(=O)CC(C)C)C(=O)OC)C(=O)OC. The molecule has 184 valence electrons. The van der Waals surface area contributed by atoms with Crippen LogP contribution in [0.3, 0.4) is 0 Å². The van der Waals surface area contributed by atoms with Gasteiger partial charge in [-0.2, -0.15) is 0 Å². The fraction of sp³-hybridized carbons (Fsp3) is 0.700. The van der Waals surface area contributed by atoms with E-state index in [2.05, 4.69) is 10.0 Å². The van der Waals surface area contributed by atoms with Gasteiger partial charge < -0.3 is 14.8 Å². The van der Waals surface area contributed by atoms with Crippen LogP contribution in [0.2, 0.25) is 0 Å². The van der Waals surface area contributed by atoms with Crippen molar-refractivity contribution < 1.29 is 38.2 Å². The standard InChI is InChI=1S/C20H34N2O8S2/c1-8-32(20(28)30-7,22-18(26)16(24)10-13(4)5)31-11-14(19(27)29-6)21-17(25)15(23)9-12(2)3/h12-14H,8-11H2,1-7H3,(H,21,25)(H,22,26). The van der Waals surface area contributed by atoms with Crippen molar-refractivity contribution in [1.29, 1.82) is 0 Å². The number of carbonyl (C=O) groups is 6. The lowest BCUT2D eigenvalue weighted by Gasteiger charge is -2.35. The van der Waals surface area contributed by atoms with Crippen LogP contribution < -0.4 is 10.0 Å². The maximum Gasteiger partial charge on any atom is 0.375 e. The number of hydrogen-bond donors (Lipinski definition) is 2. The fourth-order valence-electron chi connectivity index (χ4n) is 2.39. The molecule has 0 bridgehead atoms. The number of methoxy groups -OCH3 is 2. The van der Waals surface area contributed by atoms with E-state index in [1.54, 1.807) is 34.6 Å². The summed E-state index contributed by atoms with van der Waals surface area (Å²) in [5.74, 6) is -4.22. The highest BCUT2D eigenvalue weighted by atomic mass is 33.2. The molecular formula is C20H34N2O8S2. The van der Waals surface area contributed by atoms with Crippen LogP contribution >= 0.6 is 20.0 Å². The van der Waals surface area contributed by atoms with Gasteiger partial charge in [-0.15, -0.1) is 0 Å². The molecule has 2 atom stereocenters. The summed E-state index contributed by atoms with van der Waals surface area (Å²) in [7, 11) is 0.385. The minimum absolute atomic E-state index is 0.00714. The summed E-state index contributed by atoms with van der Waals surface area (Å²) >= 11 is 0. The number of amides is 2. The number of hydrogen-bond acceptors (Lipinski definition) is 9. The molecule has 0 fully saturated rings. The molecule has 0 aliphatic rings. The van der Waals surface area contributed by atoms with Crippen molar-refractivity contribution in [3.8, 4) is 0 Å². The van der Waals surface area contributed by atoms with Gasteiger partial charge in [-0.1, -0.05) is 45.4 Å².